The van der Waals surface area contributed by atoms with Crippen LogP contribution in [0.2, 0.25) is 0 Å². The van der Waals surface area contributed by atoms with E-state index in [2.05, 4.69) is 9.88 Å². The summed E-state index contributed by atoms with van der Waals surface area (Å²) in [6, 6.07) is 16.7. The summed E-state index contributed by atoms with van der Waals surface area (Å²) in [4.78, 5) is 34.2. The van der Waals surface area contributed by atoms with Gasteiger partial charge in [-0.2, -0.15) is 0 Å². The summed E-state index contributed by atoms with van der Waals surface area (Å²) in [5, 5.41) is 0. The fourth-order valence-electron chi connectivity index (χ4n) is 5.62. The Morgan fingerprint density at radius 2 is 1.42 bits per heavy atom. The van der Waals surface area contributed by atoms with Crippen molar-refractivity contribution in [1.82, 2.24) is 14.8 Å². The Morgan fingerprint density at radius 1 is 0.789 bits per heavy atom. The zero-order valence-electron chi connectivity index (χ0n) is 21.5. The van der Waals surface area contributed by atoms with Crippen molar-refractivity contribution in [2.45, 2.75) is 44.6 Å². The van der Waals surface area contributed by atoms with Gasteiger partial charge in [-0.3, -0.25) is 19.5 Å². The third-order valence-electron chi connectivity index (χ3n) is 7.95. The van der Waals surface area contributed by atoms with Crippen LogP contribution in [0.3, 0.4) is 0 Å². The van der Waals surface area contributed by atoms with Crippen molar-refractivity contribution < 1.29 is 18.4 Å². The number of aromatic nitrogens is 1. The molecule has 0 spiro atoms. The summed E-state index contributed by atoms with van der Waals surface area (Å²) >= 11 is 0. The highest BCUT2D eigenvalue weighted by Crippen LogP contribution is 2.37. The summed E-state index contributed by atoms with van der Waals surface area (Å²) in [6.45, 7) is 3.41. The number of halogens is 2. The van der Waals surface area contributed by atoms with Gasteiger partial charge in [-0.25, -0.2) is 8.78 Å². The van der Waals surface area contributed by atoms with Crippen LogP contribution in [0.5, 0.6) is 0 Å². The largest absolute Gasteiger partial charge is 0.335 e. The zero-order chi connectivity index (χ0) is 26.5. The van der Waals surface area contributed by atoms with Gasteiger partial charge in [-0.05, 0) is 85.0 Å². The van der Waals surface area contributed by atoms with Crippen molar-refractivity contribution in [2.75, 3.05) is 26.2 Å². The Hall–Kier alpha value is -3.45. The first-order valence-electron chi connectivity index (χ1n) is 13.5. The van der Waals surface area contributed by atoms with Gasteiger partial charge in [0.1, 0.15) is 17.3 Å². The van der Waals surface area contributed by atoms with E-state index in [9.17, 15) is 18.4 Å². The smallest absolute Gasteiger partial charge is 0.272 e. The molecule has 0 N–H and O–H groups in total. The molecule has 0 atom stereocenters. The molecule has 0 radical (unpaired) electrons. The number of hydrogen-bond donors (Lipinski definition) is 0. The number of pyridine rings is 1. The van der Waals surface area contributed by atoms with E-state index in [0.717, 1.165) is 50.9 Å². The number of rotatable bonds is 7. The second kappa shape index (κ2) is 11.9. The quantitative estimate of drug-likeness (QED) is 0.368. The summed E-state index contributed by atoms with van der Waals surface area (Å²) in [5.74, 6) is 0.261. The molecule has 0 bridgehead atoms. The van der Waals surface area contributed by atoms with Gasteiger partial charge >= 0.3 is 0 Å². The molecule has 1 aliphatic heterocycles. The number of nitrogens with zero attached hydrogens (tertiary/aromatic N) is 3. The molecule has 1 amide bonds. The molecule has 3 aromatic rings. The topological polar surface area (TPSA) is 53.5 Å². The van der Waals surface area contributed by atoms with E-state index in [0.29, 0.717) is 42.6 Å². The SMILES string of the molecule is O=C(CC1CCC(c2ccc(F)cc2)CC1)c1ccc(C(=O)N2CCN(Cc3ccc(F)cc3)CC2)nc1. The van der Waals surface area contributed by atoms with Crippen LogP contribution < -0.4 is 0 Å². The van der Waals surface area contributed by atoms with Crippen molar-refractivity contribution >= 4 is 11.7 Å². The summed E-state index contributed by atoms with van der Waals surface area (Å²) in [5.41, 5.74) is 3.13. The van der Waals surface area contributed by atoms with Crippen LogP contribution in [0.25, 0.3) is 0 Å². The van der Waals surface area contributed by atoms with Crippen LogP contribution in [0.4, 0.5) is 8.78 Å². The molecule has 2 fully saturated rings. The molecule has 2 heterocycles. The first kappa shape index (κ1) is 26.2. The third kappa shape index (κ3) is 6.51. The molecule has 1 aromatic heterocycles. The number of benzene rings is 2. The Bertz CT molecular complexity index is 1230. The monoisotopic (exact) mass is 517 g/mol. The second-order valence-corrected chi connectivity index (χ2v) is 10.5. The second-order valence-electron chi connectivity index (χ2n) is 10.5. The minimum atomic E-state index is -0.241. The Balaban J connectivity index is 1.08. The lowest BCUT2D eigenvalue weighted by Crippen LogP contribution is -2.48. The number of hydrogen-bond acceptors (Lipinski definition) is 4. The Labute approximate surface area is 222 Å². The fourth-order valence-corrected chi connectivity index (χ4v) is 5.62. The number of amides is 1. The van der Waals surface area contributed by atoms with E-state index < -0.39 is 0 Å². The van der Waals surface area contributed by atoms with E-state index >= 15 is 0 Å². The lowest BCUT2D eigenvalue weighted by Gasteiger charge is -2.34. The Morgan fingerprint density at radius 3 is 2.03 bits per heavy atom. The molecule has 2 aliphatic rings. The number of carbonyl (C=O) groups excluding carboxylic acids is 2. The molecule has 1 saturated heterocycles. The van der Waals surface area contributed by atoms with Crippen molar-refractivity contribution in [2.24, 2.45) is 5.92 Å². The van der Waals surface area contributed by atoms with Crippen molar-refractivity contribution in [3.63, 3.8) is 0 Å². The summed E-state index contributed by atoms with van der Waals surface area (Å²) < 4.78 is 26.3. The van der Waals surface area contributed by atoms with Gasteiger partial charge in [0.15, 0.2) is 5.78 Å². The Kier molecular flexibility index (Phi) is 8.23. The van der Waals surface area contributed by atoms with Gasteiger partial charge in [-0.1, -0.05) is 24.3 Å². The maximum Gasteiger partial charge on any atom is 0.272 e. The van der Waals surface area contributed by atoms with Gasteiger partial charge in [0.2, 0.25) is 0 Å². The van der Waals surface area contributed by atoms with Crippen LogP contribution in [-0.4, -0.2) is 52.7 Å². The molecular formula is C31H33F2N3O2. The molecule has 7 heteroatoms. The van der Waals surface area contributed by atoms with E-state index in [4.69, 9.17) is 0 Å². The maximum atomic E-state index is 13.2. The van der Waals surface area contributed by atoms with Crippen LogP contribution in [0, 0.1) is 17.6 Å². The molecule has 5 nitrogen and oxygen atoms in total. The van der Waals surface area contributed by atoms with Crippen LogP contribution in [0.15, 0.2) is 66.9 Å². The minimum Gasteiger partial charge on any atom is -0.335 e. The van der Waals surface area contributed by atoms with Gasteiger partial charge in [0.25, 0.3) is 5.91 Å². The van der Waals surface area contributed by atoms with Crippen molar-refractivity contribution in [1.29, 1.82) is 0 Å². The molecule has 1 aliphatic carbocycles. The van der Waals surface area contributed by atoms with Gasteiger partial charge in [0, 0.05) is 50.9 Å². The molecule has 1 saturated carbocycles. The van der Waals surface area contributed by atoms with Gasteiger partial charge < -0.3 is 4.90 Å². The van der Waals surface area contributed by atoms with E-state index in [1.54, 1.807) is 29.2 Å². The predicted molar refractivity (Wildman–Crippen MR) is 142 cm³/mol. The molecule has 5 rings (SSSR count). The van der Waals surface area contributed by atoms with Gasteiger partial charge in [0.05, 0.1) is 0 Å². The van der Waals surface area contributed by atoms with Crippen LogP contribution in [-0.2, 0) is 6.54 Å². The average molecular weight is 518 g/mol. The minimum absolute atomic E-state index is 0.0659. The predicted octanol–water partition coefficient (Wildman–Crippen LogP) is 5.86. The van der Waals surface area contributed by atoms with Crippen LogP contribution >= 0.6 is 0 Å². The highest BCUT2D eigenvalue weighted by Gasteiger charge is 2.26. The van der Waals surface area contributed by atoms with E-state index in [1.165, 1.54) is 36.0 Å². The summed E-state index contributed by atoms with van der Waals surface area (Å²) in [7, 11) is 0. The number of ketones is 1. The highest BCUT2D eigenvalue weighted by molar-refractivity contribution is 5.97. The fraction of sp³-hybridized carbons (Fsp3) is 0.387. The average Bonchev–Trinajstić information content (AvgIpc) is 2.95. The third-order valence-corrected chi connectivity index (χ3v) is 7.95. The number of piperazine rings is 1. The van der Waals surface area contributed by atoms with Crippen LogP contribution in [0.1, 0.15) is 70.0 Å². The molecular weight excluding hydrogens is 484 g/mol. The van der Waals surface area contributed by atoms with Crippen molar-refractivity contribution in [3.8, 4) is 0 Å². The number of carbonyl (C=O) groups is 2. The lowest BCUT2D eigenvalue weighted by molar-refractivity contribution is 0.0622. The number of Topliss-reactive ketones (excluding diaryl/α,β-unsaturated/α-hetero) is 1. The van der Waals surface area contributed by atoms with E-state index in [-0.39, 0.29) is 23.3 Å². The first-order valence-corrected chi connectivity index (χ1v) is 13.5. The summed E-state index contributed by atoms with van der Waals surface area (Å²) in [6.07, 6.45) is 5.99. The molecule has 2 aromatic carbocycles. The van der Waals surface area contributed by atoms with E-state index in [1.807, 2.05) is 12.1 Å². The normalized spacial score (nSPS) is 20.3. The maximum absolute atomic E-state index is 13.2. The molecule has 198 valence electrons. The highest BCUT2D eigenvalue weighted by atomic mass is 19.1. The standard InChI is InChI=1S/C31H33F2N3O2/c32-27-10-3-23(4-11-27)21-35-15-17-36(18-16-35)31(38)29-14-9-26(20-34-29)30(37)19-22-1-5-24(6-2-22)25-7-12-28(33)13-8-25/h3-4,7-14,20,22,24H,1-2,5-6,15-19,21H2. The molecule has 0 unspecified atom stereocenters. The molecule has 38 heavy (non-hydrogen) atoms. The zero-order valence-corrected chi connectivity index (χ0v) is 21.5. The van der Waals surface area contributed by atoms with Gasteiger partial charge in [-0.15, -0.1) is 0 Å². The lowest BCUT2D eigenvalue weighted by atomic mass is 9.77. The van der Waals surface area contributed by atoms with Crippen molar-refractivity contribution in [3.05, 3.63) is 101 Å². The first-order chi connectivity index (χ1) is 18.4.